The summed E-state index contributed by atoms with van der Waals surface area (Å²) in [6, 6.07) is 2.07. The molecular formula is C12H13BrN4O. The van der Waals surface area contributed by atoms with Gasteiger partial charge >= 0.3 is 5.69 Å². The van der Waals surface area contributed by atoms with Crippen molar-refractivity contribution in [3.05, 3.63) is 27.2 Å². The van der Waals surface area contributed by atoms with Crippen LogP contribution in [0, 0.1) is 5.92 Å². The maximum absolute atomic E-state index is 12.0. The number of hydrogen-bond donors (Lipinski definition) is 1. The van der Waals surface area contributed by atoms with Gasteiger partial charge in [-0.2, -0.15) is 4.98 Å². The van der Waals surface area contributed by atoms with Crippen LogP contribution in [0.3, 0.4) is 0 Å². The van der Waals surface area contributed by atoms with Crippen molar-refractivity contribution in [1.82, 2.24) is 14.5 Å². The molecule has 0 aromatic carbocycles. The van der Waals surface area contributed by atoms with Crippen molar-refractivity contribution in [2.24, 2.45) is 5.92 Å². The van der Waals surface area contributed by atoms with Crippen LogP contribution in [0.1, 0.15) is 13.8 Å². The Morgan fingerprint density at radius 2 is 2.33 bits per heavy atom. The summed E-state index contributed by atoms with van der Waals surface area (Å²) in [6.45, 7) is 4.93. The first-order chi connectivity index (χ1) is 8.56. The van der Waals surface area contributed by atoms with Crippen molar-refractivity contribution in [1.29, 1.82) is 0 Å². The fraction of sp³-hybridized carbons (Fsp3) is 0.417. The van der Waals surface area contributed by atoms with E-state index in [1.807, 2.05) is 6.07 Å². The third kappa shape index (κ3) is 1.71. The van der Waals surface area contributed by atoms with Crippen LogP contribution >= 0.6 is 15.9 Å². The van der Waals surface area contributed by atoms with E-state index in [1.54, 1.807) is 10.8 Å². The normalized spacial score (nSPS) is 18.1. The first kappa shape index (κ1) is 11.6. The molecule has 3 heterocycles. The van der Waals surface area contributed by atoms with Gasteiger partial charge in [-0.15, -0.1) is 0 Å². The van der Waals surface area contributed by atoms with Crippen LogP contribution in [-0.4, -0.2) is 20.6 Å². The quantitative estimate of drug-likeness (QED) is 0.875. The van der Waals surface area contributed by atoms with Crippen LogP contribution < -0.4 is 11.0 Å². The molecule has 6 heteroatoms. The molecule has 1 atom stereocenters. The Morgan fingerprint density at radius 3 is 3.06 bits per heavy atom. The lowest BCUT2D eigenvalue weighted by atomic mass is 10.1. The van der Waals surface area contributed by atoms with Gasteiger partial charge in [0, 0.05) is 23.3 Å². The van der Waals surface area contributed by atoms with E-state index in [2.05, 4.69) is 45.1 Å². The smallest absolute Gasteiger partial charge is 0.349 e. The van der Waals surface area contributed by atoms with Crippen LogP contribution in [-0.2, 0) is 6.54 Å². The summed E-state index contributed by atoms with van der Waals surface area (Å²) in [7, 11) is 0. The van der Waals surface area contributed by atoms with E-state index < -0.39 is 0 Å². The number of anilines is 1. The average Bonchev–Trinajstić information content (AvgIpc) is 2.74. The van der Waals surface area contributed by atoms with Gasteiger partial charge in [-0.1, -0.05) is 13.8 Å². The first-order valence-corrected chi connectivity index (χ1v) is 6.68. The molecule has 0 spiro atoms. The highest BCUT2D eigenvalue weighted by Gasteiger charge is 2.26. The largest absolute Gasteiger partial charge is 0.365 e. The summed E-state index contributed by atoms with van der Waals surface area (Å²) in [4.78, 5) is 20.4. The molecule has 0 aliphatic carbocycles. The summed E-state index contributed by atoms with van der Waals surface area (Å²) in [5.41, 5.74) is 1.16. The molecule has 0 amide bonds. The van der Waals surface area contributed by atoms with Crippen molar-refractivity contribution in [3.8, 4) is 0 Å². The molecule has 94 valence electrons. The zero-order chi connectivity index (χ0) is 12.9. The standard InChI is InChI=1S/C12H13BrN4O/c1-6(2)9-5-17-11(15-9)10-8(16-12(17)18)3-7(13)4-14-10/h3-4,6,9,15H,5H2,1-2H3. The Labute approximate surface area is 112 Å². The highest BCUT2D eigenvalue weighted by Crippen LogP contribution is 2.27. The van der Waals surface area contributed by atoms with Gasteiger partial charge in [0.05, 0.1) is 5.52 Å². The molecule has 2 aromatic rings. The highest BCUT2D eigenvalue weighted by atomic mass is 79.9. The Hall–Kier alpha value is -1.43. The van der Waals surface area contributed by atoms with Crippen LogP contribution in [0.5, 0.6) is 0 Å². The number of nitrogens with zero attached hydrogens (tertiary/aromatic N) is 3. The Bertz CT molecular complexity index is 680. The van der Waals surface area contributed by atoms with Crippen LogP contribution in [0.4, 0.5) is 5.82 Å². The third-order valence-corrected chi connectivity index (χ3v) is 3.72. The highest BCUT2D eigenvalue weighted by molar-refractivity contribution is 9.10. The predicted molar refractivity (Wildman–Crippen MR) is 73.7 cm³/mol. The number of pyridine rings is 1. The molecule has 0 fully saturated rings. The molecule has 1 N–H and O–H groups in total. The van der Waals surface area contributed by atoms with Gasteiger partial charge < -0.3 is 5.32 Å². The van der Waals surface area contributed by atoms with Crippen molar-refractivity contribution in [2.45, 2.75) is 26.4 Å². The van der Waals surface area contributed by atoms with E-state index in [-0.39, 0.29) is 11.7 Å². The fourth-order valence-corrected chi connectivity index (χ4v) is 2.51. The second-order valence-electron chi connectivity index (χ2n) is 4.87. The minimum Gasteiger partial charge on any atom is -0.365 e. The van der Waals surface area contributed by atoms with Crippen molar-refractivity contribution in [3.63, 3.8) is 0 Å². The number of aromatic nitrogens is 3. The molecular weight excluding hydrogens is 296 g/mol. The monoisotopic (exact) mass is 308 g/mol. The number of fused-ring (bicyclic) bond motifs is 3. The molecule has 1 aliphatic heterocycles. The molecule has 0 saturated heterocycles. The fourth-order valence-electron chi connectivity index (χ4n) is 2.19. The number of halogens is 1. The summed E-state index contributed by atoms with van der Waals surface area (Å²) in [6.07, 6.45) is 1.72. The summed E-state index contributed by atoms with van der Waals surface area (Å²) in [5.74, 6) is 1.24. The maximum atomic E-state index is 12.0. The van der Waals surface area contributed by atoms with Gasteiger partial charge in [-0.25, -0.2) is 9.78 Å². The van der Waals surface area contributed by atoms with Gasteiger partial charge in [-0.3, -0.25) is 4.57 Å². The van der Waals surface area contributed by atoms with E-state index in [0.717, 1.165) is 15.8 Å². The minimum absolute atomic E-state index is 0.215. The van der Waals surface area contributed by atoms with Crippen LogP contribution in [0.25, 0.3) is 11.0 Å². The maximum Gasteiger partial charge on any atom is 0.349 e. The van der Waals surface area contributed by atoms with E-state index in [9.17, 15) is 4.79 Å². The first-order valence-electron chi connectivity index (χ1n) is 5.89. The topological polar surface area (TPSA) is 59.8 Å². The van der Waals surface area contributed by atoms with E-state index in [0.29, 0.717) is 18.0 Å². The lowest BCUT2D eigenvalue weighted by molar-refractivity contribution is 0.492. The summed E-state index contributed by atoms with van der Waals surface area (Å²) >= 11 is 3.34. The number of hydrogen-bond acceptors (Lipinski definition) is 4. The van der Waals surface area contributed by atoms with Crippen LogP contribution in [0.2, 0.25) is 0 Å². The Morgan fingerprint density at radius 1 is 1.56 bits per heavy atom. The Balaban J connectivity index is 2.24. The summed E-state index contributed by atoms with van der Waals surface area (Å²) in [5, 5.41) is 3.38. The lowest BCUT2D eigenvalue weighted by Crippen LogP contribution is -2.25. The van der Waals surface area contributed by atoms with E-state index in [4.69, 9.17) is 0 Å². The van der Waals surface area contributed by atoms with Gasteiger partial charge in [0.25, 0.3) is 0 Å². The number of rotatable bonds is 1. The zero-order valence-electron chi connectivity index (χ0n) is 10.1. The molecule has 5 nitrogen and oxygen atoms in total. The van der Waals surface area contributed by atoms with Gasteiger partial charge in [-0.05, 0) is 27.9 Å². The minimum atomic E-state index is -0.215. The van der Waals surface area contributed by atoms with Gasteiger partial charge in [0.2, 0.25) is 0 Å². The second kappa shape index (κ2) is 4.05. The second-order valence-corrected chi connectivity index (χ2v) is 5.79. The molecule has 0 bridgehead atoms. The molecule has 1 unspecified atom stereocenters. The molecule has 1 aliphatic rings. The molecule has 0 radical (unpaired) electrons. The zero-order valence-corrected chi connectivity index (χ0v) is 11.7. The molecule has 2 aromatic heterocycles. The van der Waals surface area contributed by atoms with Crippen molar-refractivity contribution in [2.75, 3.05) is 5.32 Å². The molecule has 0 saturated carbocycles. The van der Waals surface area contributed by atoms with Crippen molar-refractivity contribution < 1.29 is 0 Å². The van der Waals surface area contributed by atoms with Crippen molar-refractivity contribution >= 4 is 32.8 Å². The van der Waals surface area contributed by atoms with E-state index >= 15 is 0 Å². The van der Waals surface area contributed by atoms with Crippen LogP contribution in [0.15, 0.2) is 21.5 Å². The SMILES string of the molecule is CC(C)C1Cn2c(c3ncc(Br)cc3nc2=O)N1. The predicted octanol–water partition coefficient (Wildman–Crippen LogP) is 2.00. The lowest BCUT2D eigenvalue weighted by Gasteiger charge is -2.13. The van der Waals surface area contributed by atoms with Gasteiger partial charge in [0.15, 0.2) is 0 Å². The molecule has 18 heavy (non-hydrogen) atoms. The Kier molecular flexibility index (Phi) is 2.62. The summed E-state index contributed by atoms with van der Waals surface area (Å²) < 4.78 is 2.50. The van der Waals surface area contributed by atoms with Gasteiger partial charge in [0.1, 0.15) is 11.3 Å². The number of nitrogens with one attached hydrogen (secondary N) is 1. The third-order valence-electron chi connectivity index (χ3n) is 3.28. The molecule has 3 rings (SSSR count). The average molecular weight is 309 g/mol. The van der Waals surface area contributed by atoms with E-state index in [1.165, 1.54) is 0 Å².